The molecule has 3 heteroatoms. The fraction of sp³-hybridized carbons (Fsp3) is 0.900. The standard InChI is InChI=1S/C10H19NO2/c1-8(7-12)11(2)10(13)6-9-4-3-5-9/h8-9,12H,3-7H2,1-2H3. The van der Waals surface area contributed by atoms with E-state index in [4.69, 9.17) is 5.11 Å². The van der Waals surface area contributed by atoms with E-state index < -0.39 is 0 Å². The second-order valence-corrected chi connectivity index (χ2v) is 4.04. The lowest BCUT2D eigenvalue weighted by atomic mass is 9.82. The van der Waals surface area contributed by atoms with Crippen LogP contribution in [0.2, 0.25) is 0 Å². The number of nitrogens with zero attached hydrogens (tertiary/aromatic N) is 1. The van der Waals surface area contributed by atoms with Gasteiger partial charge in [0.15, 0.2) is 0 Å². The lowest BCUT2D eigenvalue weighted by Crippen LogP contribution is -2.38. The van der Waals surface area contributed by atoms with Gasteiger partial charge in [0, 0.05) is 13.5 Å². The number of likely N-dealkylation sites (N-methyl/N-ethyl adjacent to an activating group) is 1. The lowest BCUT2D eigenvalue weighted by molar-refractivity contribution is -0.134. The summed E-state index contributed by atoms with van der Waals surface area (Å²) in [6, 6.07) is -0.0485. The first-order chi connectivity index (χ1) is 6.15. The molecule has 0 bridgehead atoms. The van der Waals surface area contributed by atoms with Crippen molar-refractivity contribution in [3.63, 3.8) is 0 Å². The smallest absolute Gasteiger partial charge is 0.222 e. The molecule has 1 fully saturated rings. The largest absolute Gasteiger partial charge is 0.394 e. The first kappa shape index (κ1) is 10.5. The summed E-state index contributed by atoms with van der Waals surface area (Å²) in [6.07, 6.45) is 4.35. The summed E-state index contributed by atoms with van der Waals surface area (Å²) in [6.45, 7) is 1.91. The Balaban J connectivity index is 2.28. The van der Waals surface area contributed by atoms with Crippen LogP contribution in [0, 0.1) is 5.92 Å². The molecule has 0 aliphatic heterocycles. The van der Waals surface area contributed by atoms with Gasteiger partial charge >= 0.3 is 0 Å². The third kappa shape index (κ3) is 2.69. The molecule has 1 unspecified atom stereocenters. The summed E-state index contributed by atoms with van der Waals surface area (Å²) in [4.78, 5) is 13.2. The molecule has 13 heavy (non-hydrogen) atoms. The zero-order chi connectivity index (χ0) is 9.84. The fourth-order valence-electron chi connectivity index (χ4n) is 1.46. The average molecular weight is 185 g/mol. The first-order valence-electron chi connectivity index (χ1n) is 5.01. The predicted octanol–water partition coefficient (Wildman–Crippen LogP) is 1.02. The molecule has 76 valence electrons. The Hall–Kier alpha value is -0.570. The van der Waals surface area contributed by atoms with Crippen LogP contribution in [0.3, 0.4) is 0 Å². The summed E-state index contributed by atoms with van der Waals surface area (Å²) in [5.41, 5.74) is 0. The maximum absolute atomic E-state index is 11.6. The van der Waals surface area contributed by atoms with Gasteiger partial charge in [0.2, 0.25) is 5.91 Å². The Morgan fingerprint density at radius 3 is 2.62 bits per heavy atom. The van der Waals surface area contributed by atoms with Crippen molar-refractivity contribution in [2.24, 2.45) is 5.92 Å². The second-order valence-electron chi connectivity index (χ2n) is 4.04. The van der Waals surface area contributed by atoms with Gasteiger partial charge in [-0.25, -0.2) is 0 Å². The van der Waals surface area contributed by atoms with E-state index in [-0.39, 0.29) is 18.6 Å². The van der Waals surface area contributed by atoms with Crippen molar-refractivity contribution in [3.8, 4) is 0 Å². The molecular weight excluding hydrogens is 166 g/mol. The summed E-state index contributed by atoms with van der Waals surface area (Å²) in [7, 11) is 1.77. The van der Waals surface area contributed by atoms with E-state index in [0.29, 0.717) is 12.3 Å². The molecule has 1 rings (SSSR count). The van der Waals surface area contributed by atoms with Crippen molar-refractivity contribution in [3.05, 3.63) is 0 Å². The molecule has 0 aromatic carbocycles. The molecule has 0 saturated heterocycles. The molecule has 1 N–H and O–H groups in total. The molecule has 0 spiro atoms. The Morgan fingerprint density at radius 2 is 2.23 bits per heavy atom. The number of aliphatic hydroxyl groups is 1. The van der Waals surface area contributed by atoms with Gasteiger partial charge in [0.25, 0.3) is 0 Å². The van der Waals surface area contributed by atoms with E-state index in [9.17, 15) is 4.79 Å². The zero-order valence-electron chi connectivity index (χ0n) is 8.49. The average Bonchev–Trinajstić information content (AvgIpc) is 2.08. The van der Waals surface area contributed by atoms with Gasteiger partial charge in [0.05, 0.1) is 12.6 Å². The number of aliphatic hydroxyl groups excluding tert-OH is 1. The zero-order valence-corrected chi connectivity index (χ0v) is 8.49. The maximum atomic E-state index is 11.6. The normalized spacial score (nSPS) is 19.3. The minimum Gasteiger partial charge on any atom is -0.394 e. The minimum absolute atomic E-state index is 0.0485. The van der Waals surface area contributed by atoms with E-state index in [0.717, 1.165) is 0 Å². The van der Waals surface area contributed by atoms with Crippen molar-refractivity contribution >= 4 is 5.91 Å². The van der Waals surface area contributed by atoms with Crippen LogP contribution in [-0.4, -0.2) is 35.6 Å². The Labute approximate surface area is 79.7 Å². The SMILES string of the molecule is CC(CO)N(C)C(=O)CC1CCC1. The van der Waals surface area contributed by atoms with Gasteiger partial charge in [-0.3, -0.25) is 4.79 Å². The van der Waals surface area contributed by atoms with Crippen molar-refractivity contribution in [2.75, 3.05) is 13.7 Å². The van der Waals surface area contributed by atoms with Gasteiger partial charge in [-0.15, -0.1) is 0 Å². The molecule has 0 aromatic heterocycles. The van der Waals surface area contributed by atoms with Crippen molar-refractivity contribution in [1.29, 1.82) is 0 Å². The first-order valence-corrected chi connectivity index (χ1v) is 5.01. The highest BCUT2D eigenvalue weighted by molar-refractivity contribution is 5.76. The van der Waals surface area contributed by atoms with Crippen LogP contribution >= 0.6 is 0 Å². The van der Waals surface area contributed by atoms with E-state index in [1.807, 2.05) is 6.92 Å². The Kier molecular flexibility index (Phi) is 3.72. The van der Waals surface area contributed by atoms with Crippen molar-refractivity contribution in [2.45, 2.75) is 38.6 Å². The molecule has 0 radical (unpaired) electrons. The minimum atomic E-state index is -0.0485. The number of hydrogen-bond donors (Lipinski definition) is 1. The number of carbonyl (C=O) groups is 1. The van der Waals surface area contributed by atoms with Gasteiger partial charge in [-0.1, -0.05) is 6.42 Å². The van der Waals surface area contributed by atoms with Crippen molar-refractivity contribution in [1.82, 2.24) is 4.90 Å². The number of rotatable bonds is 4. The monoisotopic (exact) mass is 185 g/mol. The summed E-state index contributed by atoms with van der Waals surface area (Å²) >= 11 is 0. The molecule has 1 atom stereocenters. The van der Waals surface area contributed by atoms with E-state index >= 15 is 0 Å². The summed E-state index contributed by atoms with van der Waals surface area (Å²) in [5, 5.41) is 8.87. The Morgan fingerprint density at radius 1 is 1.62 bits per heavy atom. The fourth-order valence-corrected chi connectivity index (χ4v) is 1.46. The summed E-state index contributed by atoms with van der Waals surface area (Å²) in [5.74, 6) is 0.784. The second kappa shape index (κ2) is 4.61. The third-order valence-corrected chi connectivity index (χ3v) is 3.01. The summed E-state index contributed by atoms with van der Waals surface area (Å²) < 4.78 is 0. The molecule has 1 saturated carbocycles. The van der Waals surface area contributed by atoms with Crippen LogP contribution in [-0.2, 0) is 4.79 Å². The van der Waals surface area contributed by atoms with Crippen LogP contribution in [0.25, 0.3) is 0 Å². The number of hydrogen-bond acceptors (Lipinski definition) is 2. The molecule has 3 nitrogen and oxygen atoms in total. The van der Waals surface area contributed by atoms with Crippen LogP contribution in [0.5, 0.6) is 0 Å². The predicted molar refractivity (Wildman–Crippen MR) is 51.3 cm³/mol. The molecule has 1 aliphatic rings. The quantitative estimate of drug-likeness (QED) is 0.710. The van der Waals surface area contributed by atoms with Crippen molar-refractivity contribution < 1.29 is 9.90 Å². The highest BCUT2D eigenvalue weighted by Gasteiger charge is 2.23. The van der Waals surface area contributed by atoms with Crippen LogP contribution < -0.4 is 0 Å². The third-order valence-electron chi connectivity index (χ3n) is 3.01. The molecule has 0 heterocycles. The topological polar surface area (TPSA) is 40.5 Å². The highest BCUT2D eigenvalue weighted by atomic mass is 16.3. The lowest BCUT2D eigenvalue weighted by Gasteiger charge is -2.29. The van der Waals surface area contributed by atoms with Gasteiger partial charge in [-0.2, -0.15) is 0 Å². The molecule has 1 aliphatic carbocycles. The van der Waals surface area contributed by atoms with E-state index in [1.54, 1.807) is 11.9 Å². The van der Waals surface area contributed by atoms with Crippen LogP contribution in [0.15, 0.2) is 0 Å². The number of amides is 1. The maximum Gasteiger partial charge on any atom is 0.222 e. The highest BCUT2D eigenvalue weighted by Crippen LogP contribution is 2.29. The van der Waals surface area contributed by atoms with Crippen LogP contribution in [0.1, 0.15) is 32.6 Å². The molecule has 1 amide bonds. The van der Waals surface area contributed by atoms with E-state index in [2.05, 4.69) is 0 Å². The molecule has 0 aromatic rings. The van der Waals surface area contributed by atoms with Gasteiger partial charge in [-0.05, 0) is 25.7 Å². The Bertz CT molecular complexity index is 178. The van der Waals surface area contributed by atoms with E-state index in [1.165, 1.54) is 19.3 Å². The number of carbonyl (C=O) groups excluding carboxylic acids is 1. The molecular formula is C10H19NO2. The van der Waals surface area contributed by atoms with Gasteiger partial charge in [0.1, 0.15) is 0 Å². The van der Waals surface area contributed by atoms with Crippen LogP contribution in [0.4, 0.5) is 0 Å². The van der Waals surface area contributed by atoms with Gasteiger partial charge < -0.3 is 10.0 Å².